The molecule has 1 N–H and O–H groups in total. The molecule has 0 aromatic carbocycles. The minimum Gasteiger partial charge on any atom is -0.380 e. The van der Waals surface area contributed by atoms with Crippen molar-refractivity contribution in [2.75, 3.05) is 114 Å². The Morgan fingerprint density at radius 2 is 1.12 bits per heavy atom. The van der Waals surface area contributed by atoms with Crippen LogP contribution in [0.4, 0.5) is 17.8 Å². The number of rotatable bonds is 3. The van der Waals surface area contributed by atoms with E-state index >= 15 is 0 Å². The van der Waals surface area contributed by atoms with Crippen molar-refractivity contribution in [3.63, 3.8) is 0 Å². The topological polar surface area (TPSA) is 154 Å². The molecule has 7 aliphatic rings. The maximum absolute atomic E-state index is 6.22. The first-order chi connectivity index (χ1) is 23.8. The predicted molar refractivity (Wildman–Crippen MR) is 181 cm³/mol. The maximum Gasteiger partial charge on any atom is 0.232 e. The highest BCUT2D eigenvalue weighted by molar-refractivity contribution is 6.31. The second-order valence-corrected chi connectivity index (χ2v) is 14.3. The molecule has 9 rings (SSSR count). The van der Waals surface area contributed by atoms with Gasteiger partial charge in [0.2, 0.25) is 33.7 Å². The van der Waals surface area contributed by atoms with Gasteiger partial charge in [-0.15, -0.1) is 0 Å². The lowest BCUT2D eigenvalue weighted by Crippen LogP contribution is -2.71. The first kappa shape index (κ1) is 35.4. The van der Waals surface area contributed by atoms with Crippen LogP contribution in [0.1, 0.15) is 13.8 Å². The van der Waals surface area contributed by atoms with E-state index in [1.807, 2.05) is 11.8 Å². The van der Waals surface area contributed by atoms with Crippen LogP contribution in [0.15, 0.2) is 0 Å². The van der Waals surface area contributed by atoms with E-state index in [1.165, 1.54) is 0 Å². The van der Waals surface area contributed by atoms with E-state index in [0.717, 1.165) is 59.3 Å². The number of hydrogen-bond acceptors (Lipinski definition) is 16. The zero-order valence-corrected chi connectivity index (χ0v) is 29.9. The number of ether oxygens (including phenoxy) is 6. The Bertz CT molecular complexity index is 1390. The van der Waals surface area contributed by atoms with Crippen molar-refractivity contribution >= 4 is 52.6 Å². The van der Waals surface area contributed by atoms with E-state index in [9.17, 15) is 0 Å². The molecule has 16 nitrogen and oxygen atoms in total. The maximum atomic E-state index is 6.22. The monoisotopic (exact) mass is 744 g/mol. The molecule has 0 bridgehead atoms. The molecule has 0 amide bonds. The summed E-state index contributed by atoms with van der Waals surface area (Å²) in [6.45, 7) is 15.6. The summed E-state index contributed by atoms with van der Waals surface area (Å²) in [5, 5.41) is 3.85. The smallest absolute Gasteiger partial charge is 0.232 e. The minimum absolute atomic E-state index is 0.103. The molecule has 19 heteroatoms. The number of hydrogen-bond donors (Lipinski definition) is 1. The number of fused-ring (bicyclic) bond motifs is 1. The molecule has 7 fully saturated rings. The van der Waals surface area contributed by atoms with Crippen molar-refractivity contribution in [1.82, 2.24) is 35.2 Å². The fraction of sp³-hybridized carbons (Fsp3) is 0.800. The molecule has 6 atom stereocenters. The number of nitrogens with zero attached hydrogens (tertiary/aromatic N) is 9. The molecule has 7 saturated heterocycles. The summed E-state index contributed by atoms with van der Waals surface area (Å²) in [6.07, 6.45) is 0. The van der Waals surface area contributed by atoms with Gasteiger partial charge in [0.1, 0.15) is 0 Å². The molecule has 2 aromatic heterocycles. The van der Waals surface area contributed by atoms with E-state index in [4.69, 9.17) is 68.2 Å². The Balaban J connectivity index is 0.000000129. The molecular formula is C30H43Cl3N10O6. The SMILES string of the molecule is C1COCC2COCC2N1.C[C@@H]1COCCN1c1nc(Cl)nc(Cl)n1.C[C@@H]1COCCN1c1nc(Cl)nc(N2C3COCC34COCC24)n1. The Labute approximate surface area is 300 Å². The summed E-state index contributed by atoms with van der Waals surface area (Å²) in [5.74, 6) is 2.36. The standard InChI is InChI=1S/C15H20ClN5O3.C8H10Cl2N4O.C7H13NO2/c1-9-4-22-3-2-20(9)13-17-12(16)18-14(19-13)21-10-5-23-7-15(10)8-24-6-11(15)21;1-5-4-15-3-2-14(5)8-12-6(9)11-7(10)13-8;1-2-9-3-6-4-10-5-7(6)8-1/h9-11H,2-8H2,1H3;5H,2-4H2,1H3;6-8H,1-5H2/t9-,10?,11?,15?;5-;/m11./s1. The number of anilines is 3. The van der Waals surface area contributed by atoms with Crippen LogP contribution in [0, 0.1) is 11.3 Å². The van der Waals surface area contributed by atoms with Gasteiger partial charge in [-0.25, -0.2) is 0 Å². The summed E-state index contributed by atoms with van der Waals surface area (Å²) in [5.41, 5.74) is 0.103. The van der Waals surface area contributed by atoms with Crippen molar-refractivity contribution in [3.8, 4) is 0 Å². The van der Waals surface area contributed by atoms with Gasteiger partial charge < -0.3 is 48.4 Å². The predicted octanol–water partition coefficient (Wildman–Crippen LogP) is 1.38. The van der Waals surface area contributed by atoms with E-state index in [-0.39, 0.29) is 45.4 Å². The second-order valence-electron chi connectivity index (χ2n) is 13.2. The van der Waals surface area contributed by atoms with Gasteiger partial charge in [0, 0.05) is 31.6 Å². The fourth-order valence-electron chi connectivity index (χ4n) is 7.44. The summed E-state index contributed by atoms with van der Waals surface area (Å²) >= 11 is 17.6. The highest BCUT2D eigenvalue weighted by atomic mass is 35.5. The van der Waals surface area contributed by atoms with Crippen molar-refractivity contribution in [2.45, 2.75) is 44.1 Å². The molecule has 2 aromatic rings. The lowest BCUT2D eigenvalue weighted by molar-refractivity contribution is 0.0960. The van der Waals surface area contributed by atoms with E-state index in [0.29, 0.717) is 69.4 Å². The Morgan fingerprint density at radius 3 is 1.73 bits per heavy atom. The van der Waals surface area contributed by atoms with Crippen LogP contribution in [0.25, 0.3) is 0 Å². The second kappa shape index (κ2) is 15.7. The summed E-state index contributed by atoms with van der Waals surface area (Å²) in [4.78, 5) is 31.6. The Kier molecular flexibility index (Phi) is 11.4. The van der Waals surface area contributed by atoms with Gasteiger partial charge in [-0.05, 0) is 48.7 Å². The highest BCUT2D eigenvalue weighted by Gasteiger charge is 2.67. The van der Waals surface area contributed by atoms with Gasteiger partial charge in [-0.3, -0.25) is 0 Å². The van der Waals surface area contributed by atoms with Crippen LogP contribution in [0.2, 0.25) is 15.9 Å². The third-order valence-electron chi connectivity index (χ3n) is 10.1. The van der Waals surface area contributed by atoms with Crippen LogP contribution in [0.5, 0.6) is 0 Å². The normalized spacial score (nSPS) is 33.6. The van der Waals surface area contributed by atoms with Gasteiger partial charge >= 0.3 is 0 Å². The molecule has 7 aliphatic heterocycles. The van der Waals surface area contributed by atoms with Crippen LogP contribution in [-0.4, -0.2) is 159 Å². The van der Waals surface area contributed by atoms with Gasteiger partial charge in [0.15, 0.2) is 0 Å². The first-order valence-electron chi connectivity index (χ1n) is 16.8. The van der Waals surface area contributed by atoms with Crippen molar-refractivity contribution in [2.24, 2.45) is 11.3 Å². The summed E-state index contributed by atoms with van der Waals surface area (Å²) in [6, 6.07) is 1.51. The van der Waals surface area contributed by atoms with Crippen molar-refractivity contribution < 1.29 is 28.4 Å². The minimum atomic E-state index is 0.103. The van der Waals surface area contributed by atoms with Gasteiger partial charge in [-0.2, -0.15) is 29.9 Å². The van der Waals surface area contributed by atoms with Crippen LogP contribution in [0.3, 0.4) is 0 Å². The number of halogens is 3. The Morgan fingerprint density at radius 1 is 0.592 bits per heavy atom. The molecule has 1 spiro atoms. The summed E-state index contributed by atoms with van der Waals surface area (Å²) < 4.78 is 32.9. The van der Waals surface area contributed by atoms with E-state index in [2.05, 4.69) is 47.0 Å². The molecule has 0 saturated carbocycles. The Hall–Kier alpha value is -1.99. The molecular weight excluding hydrogens is 703 g/mol. The third kappa shape index (κ3) is 7.64. The summed E-state index contributed by atoms with van der Waals surface area (Å²) in [7, 11) is 0. The average Bonchev–Trinajstić information content (AvgIpc) is 3.74. The zero-order valence-electron chi connectivity index (χ0n) is 27.7. The zero-order chi connectivity index (χ0) is 34.0. The molecule has 0 radical (unpaired) electrons. The quantitative estimate of drug-likeness (QED) is 0.481. The number of morpholine rings is 2. The molecule has 9 heterocycles. The third-order valence-corrected chi connectivity index (χ3v) is 10.6. The molecule has 4 unspecified atom stereocenters. The highest BCUT2D eigenvalue weighted by Crippen LogP contribution is 2.53. The fourth-order valence-corrected chi connectivity index (χ4v) is 7.94. The first-order valence-corrected chi connectivity index (χ1v) is 18.0. The van der Waals surface area contributed by atoms with Gasteiger partial charge in [0.05, 0.1) is 109 Å². The largest absolute Gasteiger partial charge is 0.380 e. The van der Waals surface area contributed by atoms with Gasteiger partial charge in [-0.1, -0.05) is 0 Å². The van der Waals surface area contributed by atoms with Crippen LogP contribution < -0.4 is 20.0 Å². The van der Waals surface area contributed by atoms with Gasteiger partial charge in [0.25, 0.3) is 0 Å². The van der Waals surface area contributed by atoms with Crippen LogP contribution in [-0.2, 0) is 28.4 Å². The number of nitrogens with one attached hydrogen (secondary N) is 1. The van der Waals surface area contributed by atoms with Crippen molar-refractivity contribution in [3.05, 3.63) is 15.9 Å². The van der Waals surface area contributed by atoms with Crippen molar-refractivity contribution in [1.29, 1.82) is 0 Å². The molecule has 0 aliphatic carbocycles. The average molecular weight is 746 g/mol. The van der Waals surface area contributed by atoms with E-state index in [1.54, 1.807) is 0 Å². The lowest BCUT2D eigenvalue weighted by atomic mass is 9.69. The van der Waals surface area contributed by atoms with Crippen LogP contribution >= 0.6 is 34.8 Å². The molecule has 270 valence electrons. The number of aromatic nitrogens is 6. The molecule has 49 heavy (non-hydrogen) atoms. The van der Waals surface area contributed by atoms with E-state index < -0.39 is 0 Å². The lowest BCUT2D eigenvalue weighted by Gasteiger charge is -2.55.